The van der Waals surface area contributed by atoms with Crippen LogP contribution in [0.15, 0.2) is 29.7 Å². The van der Waals surface area contributed by atoms with Gasteiger partial charge < -0.3 is 9.88 Å². The van der Waals surface area contributed by atoms with E-state index in [1.807, 2.05) is 19.1 Å². The Kier molecular flexibility index (Phi) is 5.71. The SMILES string of the molecule is CCn1c(SC(C)C(=O)NC(C)C2CC3CCC2C3)nnc1-c1ccncc1. The summed E-state index contributed by atoms with van der Waals surface area (Å²) < 4.78 is 2.06. The maximum absolute atomic E-state index is 12.8. The normalized spacial score (nSPS) is 25.6. The second-order valence-electron chi connectivity index (χ2n) is 8.18. The Labute approximate surface area is 170 Å². The molecule has 150 valence electrons. The van der Waals surface area contributed by atoms with Crippen molar-refractivity contribution in [1.29, 1.82) is 0 Å². The van der Waals surface area contributed by atoms with Crippen LogP contribution in [-0.4, -0.2) is 36.9 Å². The van der Waals surface area contributed by atoms with Gasteiger partial charge >= 0.3 is 0 Å². The molecule has 2 aliphatic carbocycles. The number of fused-ring (bicyclic) bond motifs is 2. The van der Waals surface area contributed by atoms with E-state index in [0.717, 1.165) is 34.9 Å². The molecule has 2 aliphatic rings. The number of carbonyl (C=O) groups excluding carboxylic acids is 1. The van der Waals surface area contributed by atoms with Crippen molar-refractivity contribution in [3.63, 3.8) is 0 Å². The topological polar surface area (TPSA) is 72.7 Å². The van der Waals surface area contributed by atoms with Crippen LogP contribution < -0.4 is 5.32 Å². The summed E-state index contributed by atoms with van der Waals surface area (Å²) in [5.41, 5.74) is 0.984. The highest BCUT2D eigenvalue weighted by atomic mass is 32.2. The number of nitrogens with zero attached hydrogens (tertiary/aromatic N) is 4. The summed E-state index contributed by atoms with van der Waals surface area (Å²) in [5, 5.41) is 12.6. The van der Waals surface area contributed by atoms with Crippen LogP contribution in [-0.2, 0) is 11.3 Å². The first-order chi connectivity index (χ1) is 13.6. The lowest BCUT2D eigenvalue weighted by atomic mass is 9.84. The Bertz CT molecular complexity index is 823. The molecule has 0 aromatic carbocycles. The highest BCUT2D eigenvalue weighted by molar-refractivity contribution is 8.00. The molecule has 7 heteroatoms. The van der Waals surface area contributed by atoms with E-state index >= 15 is 0 Å². The summed E-state index contributed by atoms with van der Waals surface area (Å²) >= 11 is 1.48. The average Bonchev–Trinajstić information content (AvgIpc) is 3.44. The van der Waals surface area contributed by atoms with E-state index in [1.54, 1.807) is 12.4 Å². The number of thioether (sulfide) groups is 1. The van der Waals surface area contributed by atoms with Crippen molar-refractivity contribution in [3.8, 4) is 11.4 Å². The molecule has 5 unspecified atom stereocenters. The smallest absolute Gasteiger partial charge is 0.233 e. The second-order valence-corrected chi connectivity index (χ2v) is 9.49. The second kappa shape index (κ2) is 8.23. The molecule has 0 spiro atoms. The van der Waals surface area contributed by atoms with Gasteiger partial charge in [0, 0.05) is 30.5 Å². The largest absolute Gasteiger partial charge is 0.352 e. The van der Waals surface area contributed by atoms with Crippen LogP contribution in [0, 0.1) is 17.8 Å². The maximum Gasteiger partial charge on any atom is 0.233 e. The molecule has 6 nitrogen and oxygen atoms in total. The summed E-state index contributed by atoms with van der Waals surface area (Å²) in [7, 11) is 0. The molecule has 1 N–H and O–H groups in total. The molecule has 0 saturated heterocycles. The van der Waals surface area contributed by atoms with Gasteiger partial charge in [0.1, 0.15) is 0 Å². The minimum absolute atomic E-state index is 0.0939. The van der Waals surface area contributed by atoms with Crippen LogP contribution >= 0.6 is 11.8 Å². The Morgan fingerprint density at radius 2 is 2.04 bits per heavy atom. The van der Waals surface area contributed by atoms with Crippen LogP contribution in [0.25, 0.3) is 11.4 Å². The molecule has 2 aromatic heterocycles. The van der Waals surface area contributed by atoms with Crippen LogP contribution in [0.1, 0.15) is 46.5 Å². The number of aromatic nitrogens is 4. The van der Waals surface area contributed by atoms with Crippen molar-refractivity contribution in [2.75, 3.05) is 0 Å². The van der Waals surface area contributed by atoms with Crippen LogP contribution in [0.2, 0.25) is 0 Å². The third-order valence-corrected chi connectivity index (χ3v) is 7.51. The van der Waals surface area contributed by atoms with E-state index in [4.69, 9.17) is 0 Å². The van der Waals surface area contributed by atoms with Crippen molar-refractivity contribution in [3.05, 3.63) is 24.5 Å². The zero-order valence-corrected chi connectivity index (χ0v) is 17.7. The molecular formula is C21H29N5OS. The minimum Gasteiger partial charge on any atom is -0.352 e. The molecule has 2 heterocycles. The van der Waals surface area contributed by atoms with E-state index in [9.17, 15) is 4.79 Å². The molecule has 2 fully saturated rings. The van der Waals surface area contributed by atoms with Gasteiger partial charge in [0.05, 0.1) is 5.25 Å². The Balaban J connectivity index is 1.40. The summed E-state index contributed by atoms with van der Waals surface area (Å²) in [4.78, 5) is 16.9. The van der Waals surface area contributed by atoms with E-state index in [-0.39, 0.29) is 17.2 Å². The first-order valence-electron chi connectivity index (χ1n) is 10.4. The molecular weight excluding hydrogens is 370 g/mol. The zero-order valence-electron chi connectivity index (χ0n) is 16.8. The van der Waals surface area contributed by atoms with E-state index in [1.165, 1.54) is 37.4 Å². The number of carbonyl (C=O) groups is 1. The number of hydrogen-bond donors (Lipinski definition) is 1. The van der Waals surface area contributed by atoms with Crippen LogP contribution in [0.5, 0.6) is 0 Å². The molecule has 0 aliphatic heterocycles. The third kappa shape index (κ3) is 3.81. The Morgan fingerprint density at radius 1 is 1.25 bits per heavy atom. The van der Waals surface area contributed by atoms with Gasteiger partial charge in [0.25, 0.3) is 0 Å². The monoisotopic (exact) mass is 399 g/mol. The molecule has 1 amide bonds. The van der Waals surface area contributed by atoms with Crippen molar-refractivity contribution in [1.82, 2.24) is 25.1 Å². The lowest BCUT2D eigenvalue weighted by Crippen LogP contribution is -2.43. The van der Waals surface area contributed by atoms with Gasteiger partial charge in [-0.1, -0.05) is 18.2 Å². The maximum atomic E-state index is 12.8. The number of hydrogen-bond acceptors (Lipinski definition) is 5. The van der Waals surface area contributed by atoms with Gasteiger partial charge in [-0.3, -0.25) is 9.78 Å². The first kappa shape index (κ1) is 19.4. The summed E-state index contributed by atoms with van der Waals surface area (Å²) in [6.07, 6.45) is 8.89. The Morgan fingerprint density at radius 3 is 2.68 bits per heavy atom. The minimum atomic E-state index is -0.208. The van der Waals surface area contributed by atoms with Gasteiger partial charge in [-0.05, 0) is 69.9 Å². The number of nitrogens with one attached hydrogen (secondary N) is 1. The van der Waals surface area contributed by atoms with Crippen molar-refractivity contribution in [2.24, 2.45) is 17.8 Å². The molecule has 5 atom stereocenters. The van der Waals surface area contributed by atoms with Crippen molar-refractivity contribution < 1.29 is 4.79 Å². The highest BCUT2D eigenvalue weighted by Gasteiger charge is 2.42. The predicted molar refractivity (Wildman–Crippen MR) is 111 cm³/mol. The van der Waals surface area contributed by atoms with E-state index in [2.05, 4.69) is 38.9 Å². The number of pyridine rings is 1. The molecule has 2 aromatic rings. The molecule has 4 rings (SSSR count). The Hall–Kier alpha value is -1.89. The lowest BCUT2D eigenvalue weighted by Gasteiger charge is -2.29. The quantitative estimate of drug-likeness (QED) is 0.717. The number of rotatable bonds is 7. The number of amides is 1. The summed E-state index contributed by atoms with van der Waals surface area (Å²) in [6, 6.07) is 4.11. The molecule has 0 radical (unpaired) electrons. The molecule has 28 heavy (non-hydrogen) atoms. The fourth-order valence-electron chi connectivity index (χ4n) is 4.94. The van der Waals surface area contributed by atoms with Gasteiger partial charge in [-0.25, -0.2) is 0 Å². The van der Waals surface area contributed by atoms with Crippen LogP contribution in [0.3, 0.4) is 0 Å². The van der Waals surface area contributed by atoms with Crippen molar-refractivity contribution >= 4 is 17.7 Å². The summed E-state index contributed by atoms with van der Waals surface area (Å²) in [6.45, 7) is 6.95. The fraction of sp³-hybridized carbons (Fsp3) is 0.619. The predicted octanol–water partition coefficient (Wildman–Crippen LogP) is 3.78. The highest BCUT2D eigenvalue weighted by Crippen LogP contribution is 2.49. The zero-order chi connectivity index (χ0) is 19.7. The van der Waals surface area contributed by atoms with Crippen molar-refractivity contribution in [2.45, 2.75) is 69.4 Å². The lowest BCUT2D eigenvalue weighted by molar-refractivity contribution is -0.121. The van der Waals surface area contributed by atoms with E-state index < -0.39 is 0 Å². The fourth-order valence-corrected chi connectivity index (χ4v) is 5.86. The van der Waals surface area contributed by atoms with Gasteiger partial charge in [0.15, 0.2) is 11.0 Å². The molecule has 2 saturated carbocycles. The van der Waals surface area contributed by atoms with Gasteiger partial charge in [-0.15, -0.1) is 10.2 Å². The van der Waals surface area contributed by atoms with Crippen LogP contribution in [0.4, 0.5) is 0 Å². The van der Waals surface area contributed by atoms with Gasteiger partial charge in [0.2, 0.25) is 5.91 Å². The van der Waals surface area contributed by atoms with E-state index in [0.29, 0.717) is 5.92 Å². The average molecular weight is 400 g/mol. The molecule has 2 bridgehead atoms. The van der Waals surface area contributed by atoms with Gasteiger partial charge in [-0.2, -0.15) is 0 Å². The third-order valence-electron chi connectivity index (χ3n) is 6.43. The summed E-state index contributed by atoms with van der Waals surface area (Å²) in [5.74, 6) is 3.27. The standard InChI is InChI=1S/C21H29N5OS/c1-4-26-19(16-7-9-22-10-8-16)24-25-21(26)28-14(3)20(27)23-13(2)18-12-15-5-6-17(18)11-15/h7-10,13-15,17-18H,4-6,11-12H2,1-3H3,(H,23,27). The first-order valence-corrected chi connectivity index (χ1v) is 11.2.